The second kappa shape index (κ2) is 5.96. The van der Waals surface area contributed by atoms with Crippen LogP contribution >= 0.6 is 0 Å². The summed E-state index contributed by atoms with van der Waals surface area (Å²) in [6.45, 7) is 3.47. The molecule has 1 saturated carbocycles. The Morgan fingerprint density at radius 2 is 1.69 bits per heavy atom. The summed E-state index contributed by atoms with van der Waals surface area (Å²) in [5.74, 6) is -4.46. The molecule has 0 unspecified atom stereocenters. The van der Waals surface area contributed by atoms with Crippen LogP contribution in [0.3, 0.4) is 0 Å². The van der Waals surface area contributed by atoms with E-state index in [4.69, 9.17) is 4.84 Å². The van der Waals surface area contributed by atoms with E-state index in [2.05, 4.69) is 5.48 Å². The van der Waals surface area contributed by atoms with E-state index in [0.29, 0.717) is 11.0 Å². The molecule has 2 saturated heterocycles. The number of anilines is 1. The maximum atomic E-state index is 13.1. The topological polar surface area (TPSA) is 92.8 Å². The van der Waals surface area contributed by atoms with Crippen molar-refractivity contribution in [2.24, 2.45) is 11.3 Å². The molecule has 1 N–H and O–H groups in total. The smallest absolute Gasteiger partial charge is 0.297 e. The maximum Gasteiger partial charge on any atom is 0.416 e. The molecule has 2 amide bonds. The summed E-state index contributed by atoms with van der Waals surface area (Å²) >= 11 is 0. The van der Waals surface area contributed by atoms with Crippen molar-refractivity contribution in [3.8, 4) is 0 Å². The number of alkyl halides is 3. The van der Waals surface area contributed by atoms with Gasteiger partial charge in [-0.15, -0.1) is 0 Å². The molecule has 2 aliphatic heterocycles. The third kappa shape index (κ3) is 2.73. The highest BCUT2D eigenvalue weighted by Crippen LogP contribution is 2.47. The van der Waals surface area contributed by atoms with Gasteiger partial charge in [0.25, 0.3) is 5.91 Å². The number of Topliss-reactive ketones (excluding diaryl/α,β-unsaturated/α-hetero) is 2. The number of imide groups is 1. The minimum Gasteiger partial charge on any atom is -0.297 e. The summed E-state index contributed by atoms with van der Waals surface area (Å²) in [5, 5.41) is 0. The predicted molar refractivity (Wildman–Crippen MR) is 91.2 cm³/mol. The van der Waals surface area contributed by atoms with Gasteiger partial charge in [-0.25, -0.2) is 4.90 Å². The monoisotopic (exact) mass is 410 g/mol. The molecule has 0 aromatic heterocycles. The Morgan fingerprint density at radius 3 is 2.28 bits per heavy atom. The van der Waals surface area contributed by atoms with Crippen LogP contribution in [0, 0.1) is 11.3 Å². The molecule has 1 aliphatic carbocycles. The van der Waals surface area contributed by atoms with Gasteiger partial charge in [-0.05, 0) is 23.6 Å². The molecule has 1 aromatic rings. The summed E-state index contributed by atoms with van der Waals surface area (Å²) in [7, 11) is 0. The Labute approximate surface area is 163 Å². The number of rotatable bonds is 1. The minimum absolute atomic E-state index is 0.0106. The fraction of sp³-hybridized carbons (Fsp3) is 0.474. The molecular weight excluding hydrogens is 393 g/mol. The Bertz CT molecular complexity index is 935. The molecule has 2 atom stereocenters. The molecule has 7 nitrogen and oxygen atoms in total. The molecule has 0 radical (unpaired) electrons. The maximum absolute atomic E-state index is 13.1. The van der Waals surface area contributed by atoms with Crippen LogP contribution < -0.4 is 10.4 Å². The lowest BCUT2D eigenvalue weighted by molar-refractivity contribution is -0.150. The fourth-order valence-corrected chi connectivity index (χ4v) is 4.30. The van der Waals surface area contributed by atoms with E-state index < -0.39 is 58.1 Å². The van der Waals surface area contributed by atoms with Crippen LogP contribution in [0.2, 0.25) is 0 Å². The first-order valence-corrected chi connectivity index (χ1v) is 8.93. The lowest BCUT2D eigenvalue weighted by atomic mass is 9.63. The van der Waals surface area contributed by atoms with Crippen molar-refractivity contribution < 1.29 is 37.2 Å². The van der Waals surface area contributed by atoms with E-state index in [-0.39, 0.29) is 18.5 Å². The summed E-state index contributed by atoms with van der Waals surface area (Å²) < 4.78 is 39.1. The van der Waals surface area contributed by atoms with E-state index in [1.807, 2.05) is 0 Å². The van der Waals surface area contributed by atoms with Crippen LogP contribution in [-0.2, 0) is 30.2 Å². The SMILES string of the molecule is CC1(C)CC(=O)C2(NO[C@@H]3C(=O)N(c4cccc(C(F)(F)F)c4)C(=O)[C@@H]32)C(=O)C1. The highest BCUT2D eigenvalue weighted by atomic mass is 19.4. The van der Waals surface area contributed by atoms with Gasteiger partial charge in [0.15, 0.2) is 23.2 Å². The number of benzene rings is 1. The highest BCUT2D eigenvalue weighted by Gasteiger charge is 2.71. The number of carbonyl (C=O) groups excluding carboxylic acids is 4. The number of hydrogen-bond donors (Lipinski definition) is 1. The number of halogens is 3. The van der Waals surface area contributed by atoms with Gasteiger partial charge in [-0.2, -0.15) is 18.7 Å². The Morgan fingerprint density at radius 1 is 1.07 bits per heavy atom. The van der Waals surface area contributed by atoms with Crippen LogP contribution in [0.15, 0.2) is 24.3 Å². The van der Waals surface area contributed by atoms with Crippen molar-refractivity contribution in [3.63, 3.8) is 0 Å². The number of carbonyl (C=O) groups is 4. The average Bonchev–Trinajstić information content (AvgIpc) is 3.10. The number of hydrogen-bond acceptors (Lipinski definition) is 6. The Hall–Kier alpha value is -2.59. The summed E-state index contributed by atoms with van der Waals surface area (Å²) in [6, 6.07) is 3.73. The van der Waals surface area contributed by atoms with E-state index >= 15 is 0 Å². The molecule has 154 valence electrons. The number of hydroxylamine groups is 1. The third-order valence-electron chi connectivity index (χ3n) is 5.66. The zero-order valence-corrected chi connectivity index (χ0v) is 15.5. The van der Waals surface area contributed by atoms with Gasteiger partial charge in [0, 0.05) is 12.8 Å². The minimum atomic E-state index is -4.67. The van der Waals surface area contributed by atoms with Gasteiger partial charge >= 0.3 is 6.18 Å². The second-order valence-corrected chi connectivity index (χ2v) is 8.35. The van der Waals surface area contributed by atoms with Crippen LogP contribution in [0.5, 0.6) is 0 Å². The van der Waals surface area contributed by atoms with Crippen molar-refractivity contribution in [2.45, 2.75) is 44.5 Å². The molecule has 4 rings (SSSR count). The summed E-state index contributed by atoms with van der Waals surface area (Å²) in [5.41, 5.74) is -1.60. The van der Waals surface area contributed by atoms with Crippen molar-refractivity contribution in [2.75, 3.05) is 4.90 Å². The van der Waals surface area contributed by atoms with Gasteiger partial charge in [0.05, 0.1) is 11.3 Å². The van der Waals surface area contributed by atoms with E-state index in [1.54, 1.807) is 13.8 Å². The van der Waals surface area contributed by atoms with Crippen molar-refractivity contribution in [3.05, 3.63) is 29.8 Å². The molecule has 29 heavy (non-hydrogen) atoms. The van der Waals surface area contributed by atoms with Crippen LogP contribution in [0.1, 0.15) is 32.3 Å². The molecule has 3 fully saturated rings. The van der Waals surface area contributed by atoms with Crippen molar-refractivity contribution >= 4 is 29.1 Å². The van der Waals surface area contributed by atoms with Crippen LogP contribution in [0.4, 0.5) is 18.9 Å². The molecule has 10 heteroatoms. The average molecular weight is 410 g/mol. The Kier molecular flexibility index (Phi) is 4.05. The molecule has 1 aromatic carbocycles. The predicted octanol–water partition coefficient (Wildman–Crippen LogP) is 1.80. The number of fused-ring (bicyclic) bond motifs is 2. The first-order chi connectivity index (χ1) is 13.4. The highest BCUT2D eigenvalue weighted by molar-refractivity contribution is 6.29. The molecule has 2 heterocycles. The standard InChI is InChI=1S/C19H17F3N2O5/c1-17(2)7-11(25)18(12(26)8-17)13-14(29-23-18)16(28)24(15(13)27)10-5-3-4-9(6-10)19(20,21)22/h3-6,13-14,23H,7-8H2,1-2H3/t13-,14+/m1/s1. The van der Waals surface area contributed by atoms with Crippen LogP contribution in [-0.4, -0.2) is 35.0 Å². The molecule has 0 bridgehead atoms. The lowest BCUT2D eigenvalue weighted by Crippen LogP contribution is -2.64. The molecular formula is C19H17F3N2O5. The molecule has 3 aliphatic rings. The largest absolute Gasteiger partial charge is 0.416 e. The van der Waals surface area contributed by atoms with E-state index in [9.17, 15) is 32.3 Å². The first kappa shape index (κ1) is 19.7. The van der Waals surface area contributed by atoms with Crippen LogP contribution in [0.25, 0.3) is 0 Å². The zero-order chi connectivity index (χ0) is 21.4. The number of nitrogens with one attached hydrogen (secondary N) is 1. The van der Waals surface area contributed by atoms with Gasteiger partial charge in [-0.1, -0.05) is 19.9 Å². The van der Waals surface area contributed by atoms with E-state index in [0.717, 1.165) is 12.1 Å². The van der Waals surface area contributed by atoms with Gasteiger partial charge in [0.2, 0.25) is 5.91 Å². The van der Waals surface area contributed by atoms with E-state index in [1.165, 1.54) is 6.07 Å². The number of ketones is 2. The summed E-state index contributed by atoms with van der Waals surface area (Å²) in [6.07, 6.45) is -6.16. The van der Waals surface area contributed by atoms with Crippen molar-refractivity contribution in [1.29, 1.82) is 0 Å². The summed E-state index contributed by atoms with van der Waals surface area (Å²) in [4.78, 5) is 57.3. The third-order valence-corrected chi connectivity index (χ3v) is 5.66. The fourth-order valence-electron chi connectivity index (χ4n) is 4.30. The second-order valence-electron chi connectivity index (χ2n) is 8.35. The van der Waals surface area contributed by atoms with Gasteiger partial charge < -0.3 is 0 Å². The first-order valence-electron chi connectivity index (χ1n) is 8.93. The van der Waals surface area contributed by atoms with Crippen molar-refractivity contribution in [1.82, 2.24) is 5.48 Å². The lowest BCUT2D eigenvalue weighted by Gasteiger charge is -2.39. The number of nitrogens with zero attached hydrogens (tertiary/aromatic N) is 1. The van der Waals surface area contributed by atoms with Gasteiger partial charge in [0.1, 0.15) is 5.92 Å². The quantitative estimate of drug-likeness (QED) is 0.561. The zero-order valence-electron chi connectivity index (χ0n) is 15.5. The Balaban J connectivity index is 1.74. The van der Waals surface area contributed by atoms with Gasteiger partial charge in [-0.3, -0.25) is 24.0 Å². The number of amides is 2. The molecule has 1 spiro atoms. The normalized spacial score (nSPS) is 28.4.